The second kappa shape index (κ2) is 1.92. The summed E-state index contributed by atoms with van der Waals surface area (Å²) >= 11 is 0. The molecule has 0 aliphatic carbocycles. The summed E-state index contributed by atoms with van der Waals surface area (Å²) in [6, 6.07) is 4.90. The first-order valence-electron chi connectivity index (χ1n) is 3.19. The molecule has 0 saturated heterocycles. The van der Waals surface area contributed by atoms with Crippen LogP contribution in [0.1, 0.15) is 15.9 Å². The molecule has 0 radical (unpaired) electrons. The summed E-state index contributed by atoms with van der Waals surface area (Å²) in [6.45, 7) is 0. The Kier molecular flexibility index (Phi) is 1.06. The van der Waals surface area contributed by atoms with E-state index in [4.69, 9.17) is 0 Å². The van der Waals surface area contributed by atoms with Gasteiger partial charge in [-0.25, -0.2) is 4.99 Å². The second-order valence-electron chi connectivity index (χ2n) is 2.30. The summed E-state index contributed by atoms with van der Waals surface area (Å²) in [7, 11) is 0. The Morgan fingerprint density at radius 1 is 1.36 bits per heavy atom. The van der Waals surface area contributed by atoms with Gasteiger partial charge in [0.05, 0.1) is 5.56 Å². The molecular weight excluding hydrogens is 142 g/mol. The quantitative estimate of drug-likeness (QED) is 0.594. The van der Waals surface area contributed by atoms with Crippen molar-refractivity contribution in [3.05, 3.63) is 29.3 Å². The maximum atomic E-state index is 10.9. The van der Waals surface area contributed by atoms with E-state index >= 15 is 0 Å². The number of fused-ring (bicyclic) bond motifs is 1. The molecule has 3 nitrogen and oxygen atoms in total. The van der Waals surface area contributed by atoms with E-state index in [0.29, 0.717) is 11.1 Å². The molecule has 11 heavy (non-hydrogen) atoms. The number of aromatic hydroxyl groups is 1. The zero-order chi connectivity index (χ0) is 7.84. The summed E-state index contributed by atoms with van der Waals surface area (Å²) in [5, 5.41) is 9.20. The highest BCUT2D eigenvalue weighted by Crippen LogP contribution is 2.23. The average molecular weight is 147 g/mol. The van der Waals surface area contributed by atoms with Crippen molar-refractivity contribution in [2.75, 3.05) is 0 Å². The lowest BCUT2D eigenvalue weighted by Crippen LogP contribution is -1.91. The molecule has 0 spiro atoms. The van der Waals surface area contributed by atoms with Gasteiger partial charge in [0.25, 0.3) is 5.91 Å². The molecule has 1 aliphatic heterocycles. The maximum absolute atomic E-state index is 10.9. The normalized spacial score (nSPS) is 13.6. The molecule has 1 amide bonds. The van der Waals surface area contributed by atoms with Crippen LogP contribution in [0, 0.1) is 0 Å². The summed E-state index contributed by atoms with van der Waals surface area (Å²) in [6.07, 6.45) is 1.46. The number of carbonyl (C=O) groups is 1. The number of phenolic OH excluding ortho intramolecular Hbond substituents is 1. The molecule has 54 valence electrons. The van der Waals surface area contributed by atoms with Crippen LogP contribution in [-0.4, -0.2) is 17.2 Å². The average Bonchev–Trinajstić information content (AvgIpc) is 2.34. The van der Waals surface area contributed by atoms with Gasteiger partial charge in [0.15, 0.2) is 0 Å². The Bertz CT molecular complexity index is 355. The van der Waals surface area contributed by atoms with Crippen LogP contribution in [0.3, 0.4) is 0 Å². The molecule has 1 aromatic rings. The molecular formula is C8H5NO2. The minimum atomic E-state index is -0.363. The van der Waals surface area contributed by atoms with E-state index in [2.05, 4.69) is 4.99 Å². The molecule has 0 fully saturated rings. The highest BCUT2D eigenvalue weighted by molar-refractivity contribution is 6.14. The number of amides is 1. The minimum Gasteiger partial charge on any atom is -0.507 e. The molecule has 0 atom stereocenters. The number of rotatable bonds is 0. The second-order valence-corrected chi connectivity index (χ2v) is 2.30. The van der Waals surface area contributed by atoms with E-state index in [1.165, 1.54) is 12.3 Å². The van der Waals surface area contributed by atoms with Gasteiger partial charge in [-0.15, -0.1) is 0 Å². The van der Waals surface area contributed by atoms with Crippen molar-refractivity contribution in [1.82, 2.24) is 0 Å². The standard InChI is InChI=1S/C8H5NO2/c10-6-3-1-2-5-4-9-8(11)7(5)6/h1-4,10H. The predicted molar refractivity (Wildman–Crippen MR) is 40.0 cm³/mol. The number of phenols is 1. The molecule has 0 unspecified atom stereocenters. The summed E-state index contributed by atoms with van der Waals surface area (Å²) in [5.41, 5.74) is 1.00. The van der Waals surface area contributed by atoms with Gasteiger partial charge < -0.3 is 5.11 Å². The highest BCUT2D eigenvalue weighted by atomic mass is 16.3. The minimum absolute atomic E-state index is 0.00463. The SMILES string of the molecule is O=C1N=Cc2cccc(O)c21. The van der Waals surface area contributed by atoms with E-state index in [1.54, 1.807) is 12.1 Å². The number of carbonyl (C=O) groups excluding carboxylic acids is 1. The van der Waals surface area contributed by atoms with Crippen LogP contribution < -0.4 is 0 Å². The van der Waals surface area contributed by atoms with Gasteiger partial charge in [0.2, 0.25) is 0 Å². The molecule has 1 aromatic carbocycles. The predicted octanol–water partition coefficient (Wildman–Crippen LogP) is 0.965. The van der Waals surface area contributed by atoms with Gasteiger partial charge in [-0.1, -0.05) is 12.1 Å². The van der Waals surface area contributed by atoms with Gasteiger partial charge in [0, 0.05) is 11.8 Å². The third-order valence-corrected chi connectivity index (χ3v) is 1.61. The third kappa shape index (κ3) is 0.741. The number of benzene rings is 1. The van der Waals surface area contributed by atoms with Crippen molar-refractivity contribution in [1.29, 1.82) is 0 Å². The smallest absolute Gasteiger partial charge is 0.281 e. The van der Waals surface area contributed by atoms with Crippen LogP contribution in [0.4, 0.5) is 0 Å². The van der Waals surface area contributed by atoms with Gasteiger partial charge in [-0.3, -0.25) is 4.79 Å². The van der Waals surface area contributed by atoms with E-state index in [0.717, 1.165) is 0 Å². The van der Waals surface area contributed by atoms with Crippen molar-refractivity contribution < 1.29 is 9.90 Å². The van der Waals surface area contributed by atoms with E-state index in [9.17, 15) is 9.90 Å². The number of hydrogen-bond donors (Lipinski definition) is 1. The van der Waals surface area contributed by atoms with Crippen LogP contribution in [0.15, 0.2) is 23.2 Å². The molecule has 3 heteroatoms. The lowest BCUT2D eigenvalue weighted by atomic mass is 10.1. The van der Waals surface area contributed by atoms with Crippen LogP contribution in [0.2, 0.25) is 0 Å². The lowest BCUT2D eigenvalue weighted by Gasteiger charge is -1.96. The first-order chi connectivity index (χ1) is 5.29. The largest absolute Gasteiger partial charge is 0.507 e. The van der Waals surface area contributed by atoms with Crippen LogP contribution in [0.25, 0.3) is 0 Å². The Balaban J connectivity index is 2.74. The Hall–Kier alpha value is -1.64. The Morgan fingerprint density at radius 3 is 2.91 bits per heavy atom. The fraction of sp³-hybridized carbons (Fsp3) is 0. The Morgan fingerprint density at radius 2 is 2.18 bits per heavy atom. The van der Waals surface area contributed by atoms with Crippen LogP contribution >= 0.6 is 0 Å². The maximum Gasteiger partial charge on any atom is 0.281 e. The van der Waals surface area contributed by atoms with Crippen molar-refractivity contribution in [3.8, 4) is 5.75 Å². The van der Waals surface area contributed by atoms with Gasteiger partial charge in [-0.2, -0.15) is 0 Å². The van der Waals surface area contributed by atoms with E-state index < -0.39 is 0 Å². The van der Waals surface area contributed by atoms with E-state index in [-0.39, 0.29) is 11.7 Å². The van der Waals surface area contributed by atoms with Gasteiger partial charge >= 0.3 is 0 Å². The lowest BCUT2D eigenvalue weighted by molar-refractivity contribution is 0.100. The summed E-state index contributed by atoms with van der Waals surface area (Å²) in [4.78, 5) is 14.5. The molecule has 1 N–H and O–H groups in total. The van der Waals surface area contributed by atoms with Crippen molar-refractivity contribution in [2.45, 2.75) is 0 Å². The van der Waals surface area contributed by atoms with Crippen molar-refractivity contribution >= 4 is 12.1 Å². The summed E-state index contributed by atoms with van der Waals surface area (Å²) in [5.74, 6) is -0.358. The number of hydrogen-bond acceptors (Lipinski definition) is 2. The van der Waals surface area contributed by atoms with Crippen molar-refractivity contribution in [3.63, 3.8) is 0 Å². The van der Waals surface area contributed by atoms with Gasteiger partial charge in [0.1, 0.15) is 5.75 Å². The third-order valence-electron chi connectivity index (χ3n) is 1.61. The first-order valence-corrected chi connectivity index (χ1v) is 3.19. The van der Waals surface area contributed by atoms with E-state index in [1.807, 2.05) is 0 Å². The Labute approximate surface area is 63.0 Å². The van der Waals surface area contributed by atoms with Gasteiger partial charge in [-0.05, 0) is 6.07 Å². The summed E-state index contributed by atoms with van der Waals surface area (Å²) < 4.78 is 0. The number of aliphatic imine (C=N–C) groups is 1. The topological polar surface area (TPSA) is 49.7 Å². The molecule has 0 saturated carbocycles. The van der Waals surface area contributed by atoms with Crippen LogP contribution in [0.5, 0.6) is 5.75 Å². The molecule has 1 heterocycles. The van der Waals surface area contributed by atoms with Crippen LogP contribution in [-0.2, 0) is 0 Å². The first kappa shape index (κ1) is 6.09. The number of nitrogens with zero attached hydrogens (tertiary/aromatic N) is 1. The molecule has 2 rings (SSSR count). The zero-order valence-corrected chi connectivity index (χ0v) is 5.61. The molecule has 0 aromatic heterocycles. The fourth-order valence-corrected chi connectivity index (χ4v) is 1.09. The molecule has 0 bridgehead atoms. The zero-order valence-electron chi connectivity index (χ0n) is 5.61. The fourth-order valence-electron chi connectivity index (χ4n) is 1.09. The monoisotopic (exact) mass is 147 g/mol. The van der Waals surface area contributed by atoms with Crippen molar-refractivity contribution in [2.24, 2.45) is 4.99 Å². The highest BCUT2D eigenvalue weighted by Gasteiger charge is 2.18. The molecule has 1 aliphatic rings.